The fourth-order valence-corrected chi connectivity index (χ4v) is 2.61. The predicted molar refractivity (Wildman–Crippen MR) is 91.3 cm³/mol. The van der Waals surface area contributed by atoms with Gasteiger partial charge in [0.2, 0.25) is 5.65 Å². The van der Waals surface area contributed by atoms with Crippen molar-refractivity contribution in [2.75, 3.05) is 5.32 Å². The van der Waals surface area contributed by atoms with Crippen molar-refractivity contribution in [2.24, 2.45) is 0 Å². The van der Waals surface area contributed by atoms with E-state index in [1.807, 2.05) is 26.0 Å². The molecule has 0 saturated carbocycles. The van der Waals surface area contributed by atoms with E-state index in [0.717, 1.165) is 21.5 Å². The summed E-state index contributed by atoms with van der Waals surface area (Å²) >= 11 is 9.56. The first-order valence-electron chi connectivity index (χ1n) is 6.95. The molecule has 0 aliphatic carbocycles. The van der Waals surface area contributed by atoms with Crippen molar-refractivity contribution in [3.05, 3.63) is 51.3 Å². The van der Waals surface area contributed by atoms with Gasteiger partial charge in [0.15, 0.2) is 11.0 Å². The summed E-state index contributed by atoms with van der Waals surface area (Å²) < 4.78 is 2.77. The topological polar surface area (TPSA) is 55.1 Å². The molecule has 5 nitrogen and oxygen atoms in total. The molecule has 0 bridgehead atoms. The van der Waals surface area contributed by atoms with Gasteiger partial charge in [0.25, 0.3) is 0 Å². The molecule has 7 heteroatoms. The molecule has 0 radical (unpaired) electrons. The minimum absolute atomic E-state index is 0.222. The van der Waals surface area contributed by atoms with E-state index in [1.54, 1.807) is 10.6 Å². The first-order valence-corrected chi connectivity index (χ1v) is 8.12. The van der Waals surface area contributed by atoms with E-state index in [9.17, 15) is 0 Å². The van der Waals surface area contributed by atoms with Crippen molar-refractivity contribution in [3.63, 3.8) is 0 Å². The van der Waals surface area contributed by atoms with E-state index >= 15 is 0 Å². The molecule has 0 fully saturated rings. The van der Waals surface area contributed by atoms with Crippen LogP contribution in [0.5, 0.6) is 0 Å². The smallest absolute Gasteiger partial charge is 0.201 e. The minimum Gasteiger partial charge on any atom is -0.378 e. The third-order valence-corrected chi connectivity index (χ3v) is 3.99. The summed E-state index contributed by atoms with van der Waals surface area (Å²) in [6.07, 6.45) is 0. The van der Waals surface area contributed by atoms with E-state index in [-0.39, 0.29) is 5.92 Å². The maximum Gasteiger partial charge on any atom is 0.201 e. The van der Waals surface area contributed by atoms with Crippen LogP contribution in [0.3, 0.4) is 0 Å². The highest BCUT2D eigenvalue weighted by atomic mass is 79.9. The maximum atomic E-state index is 6.13. The normalized spacial score (nSPS) is 11.3. The quantitative estimate of drug-likeness (QED) is 0.734. The first kappa shape index (κ1) is 15.2. The van der Waals surface area contributed by atoms with Gasteiger partial charge in [-0.3, -0.25) is 0 Å². The second-order valence-electron chi connectivity index (χ2n) is 5.31. The Hall–Kier alpha value is -1.66. The Labute approximate surface area is 141 Å². The third-order valence-electron chi connectivity index (χ3n) is 3.28. The van der Waals surface area contributed by atoms with Gasteiger partial charge in [-0.2, -0.15) is 9.61 Å². The molecule has 0 aliphatic heterocycles. The van der Waals surface area contributed by atoms with Crippen LogP contribution in [-0.4, -0.2) is 19.8 Å². The fourth-order valence-electron chi connectivity index (χ4n) is 2.16. The van der Waals surface area contributed by atoms with Gasteiger partial charge in [-0.15, -0.1) is 10.2 Å². The summed E-state index contributed by atoms with van der Waals surface area (Å²) in [5.41, 5.74) is 2.67. The summed E-state index contributed by atoms with van der Waals surface area (Å²) in [5.74, 6) is 1.02. The lowest BCUT2D eigenvalue weighted by Gasteiger charge is -2.09. The van der Waals surface area contributed by atoms with Gasteiger partial charge in [0, 0.05) is 23.0 Å². The van der Waals surface area contributed by atoms with E-state index in [0.29, 0.717) is 17.3 Å². The lowest BCUT2D eigenvalue weighted by Crippen LogP contribution is -2.05. The molecule has 0 unspecified atom stereocenters. The van der Waals surface area contributed by atoms with Gasteiger partial charge in [-0.1, -0.05) is 53.5 Å². The molecule has 22 heavy (non-hydrogen) atoms. The standard InChI is InChI=1S/C15H15BrClN5/c1-9(2)14-19-20-15-12(7-13(17)21-22(14)15)18-8-10-3-5-11(16)6-4-10/h3-7,9,18H,8H2,1-2H3. The number of fused-ring (bicyclic) bond motifs is 1. The van der Waals surface area contributed by atoms with Crippen molar-refractivity contribution < 1.29 is 0 Å². The molecular formula is C15H15BrClN5. The van der Waals surface area contributed by atoms with Crippen molar-refractivity contribution >= 4 is 38.9 Å². The van der Waals surface area contributed by atoms with Crippen LogP contribution in [0, 0.1) is 0 Å². The summed E-state index contributed by atoms with van der Waals surface area (Å²) in [6, 6.07) is 9.91. The molecule has 3 aromatic rings. The number of nitrogens with zero attached hydrogens (tertiary/aromatic N) is 4. The van der Waals surface area contributed by atoms with Crippen molar-refractivity contribution in [2.45, 2.75) is 26.3 Å². The number of hydrogen-bond donors (Lipinski definition) is 1. The molecular weight excluding hydrogens is 366 g/mol. The van der Waals surface area contributed by atoms with Crippen molar-refractivity contribution in [1.82, 2.24) is 19.8 Å². The van der Waals surface area contributed by atoms with Crippen LogP contribution in [-0.2, 0) is 6.54 Å². The average Bonchev–Trinajstić information content (AvgIpc) is 2.90. The summed E-state index contributed by atoms with van der Waals surface area (Å²) in [5, 5.41) is 16.5. The lowest BCUT2D eigenvalue weighted by atomic mass is 10.2. The van der Waals surface area contributed by atoms with Crippen LogP contribution in [0.4, 0.5) is 5.69 Å². The molecule has 2 heterocycles. The Morgan fingerprint density at radius 3 is 2.64 bits per heavy atom. The maximum absolute atomic E-state index is 6.13. The van der Waals surface area contributed by atoms with E-state index in [2.05, 4.69) is 48.7 Å². The van der Waals surface area contributed by atoms with Gasteiger partial charge in [0.05, 0.1) is 5.69 Å². The zero-order valence-electron chi connectivity index (χ0n) is 12.2. The lowest BCUT2D eigenvalue weighted by molar-refractivity contribution is 0.721. The third kappa shape index (κ3) is 3.08. The highest BCUT2D eigenvalue weighted by molar-refractivity contribution is 9.10. The van der Waals surface area contributed by atoms with Crippen molar-refractivity contribution in [1.29, 1.82) is 0 Å². The molecule has 3 rings (SSSR count). The number of nitrogens with one attached hydrogen (secondary N) is 1. The predicted octanol–water partition coefficient (Wildman–Crippen LogP) is 4.28. The molecule has 0 spiro atoms. The molecule has 1 aromatic carbocycles. The zero-order valence-corrected chi connectivity index (χ0v) is 14.6. The van der Waals surface area contributed by atoms with Gasteiger partial charge in [-0.25, -0.2) is 0 Å². The number of aromatic nitrogens is 4. The number of hydrogen-bond acceptors (Lipinski definition) is 4. The summed E-state index contributed by atoms with van der Waals surface area (Å²) in [6.45, 7) is 4.77. The Morgan fingerprint density at radius 2 is 1.95 bits per heavy atom. The fraction of sp³-hybridized carbons (Fsp3) is 0.267. The second-order valence-corrected chi connectivity index (χ2v) is 6.61. The van der Waals surface area contributed by atoms with E-state index in [4.69, 9.17) is 11.6 Å². The van der Waals surface area contributed by atoms with Crippen LogP contribution in [0.15, 0.2) is 34.8 Å². The number of anilines is 1. The molecule has 114 valence electrons. The van der Waals surface area contributed by atoms with Crippen LogP contribution in [0.2, 0.25) is 5.15 Å². The molecule has 0 amide bonds. The van der Waals surface area contributed by atoms with E-state index < -0.39 is 0 Å². The van der Waals surface area contributed by atoms with Crippen LogP contribution in [0.1, 0.15) is 31.2 Å². The Morgan fingerprint density at radius 1 is 1.23 bits per heavy atom. The zero-order chi connectivity index (χ0) is 15.7. The van der Waals surface area contributed by atoms with Gasteiger partial charge < -0.3 is 5.32 Å². The van der Waals surface area contributed by atoms with Crippen LogP contribution in [0.25, 0.3) is 5.65 Å². The summed E-state index contributed by atoms with van der Waals surface area (Å²) in [7, 11) is 0. The van der Waals surface area contributed by atoms with E-state index in [1.165, 1.54) is 0 Å². The highest BCUT2D eigenvalue weighted by Gasteiger charge is 2.14. The Balaban J connectivity index is 1.91. The Bertz CT molecular complexity index is 798. The number of halogens is 2. The monoisotopic (exact) mass is 379 g/mol. The van der Waals surface area contributed by atoms with Crippen LogP contribution >= 0.6 is 27.5 Å². The van der Waals surface area contributed by atoms with Gasteiger partial charge in [0.1, 0.15) is 0 Å². The molecule has 0 aliphatic rings. The highest BCUT2D eigenvalue weighted by Crippen LogP contribution is 2.22. The van der Waals surface area contributed by atoms with Crippen LogP contribution < -0.4 is 5.32 Å². The Kier molecular flexibility index (Phi) is 4.31. The molecule has 1 N–H and O–H groups in total. The molecule has 2 aromatic heterocycles. The second kappa shape index (κ2) is 6.22. The van der Waals surface area contributed by atoms with Crippen molar-refractivity contribution in [3.8, 4) is 0 Å². The van der Waals surface area contributed by atoms with Gasteiger partial charge >= 0.3 is 0 Å². The molecule has 0 atom stereocenters. The largest absolute Gasteiger partial charge is 0.378 e. The molecule has 0 saturated heterocycles. The average molecular weight is 381 g/mol. The number of rotatable bonds is 4. The summed E-state index contributed by atoms with van der Waals surface area (Å²) in [4.78, 5) is 0. The van der Waals surface area contributed by atoms with Gasteiger partial charge in [-0.05, 0) is 17.7 Å². The SMILES string of the molecule is CC(C)c1nnc2c(NCc3ccc(Br)cc3)cc(Cl)nn12. The number of benzene rings is 1. The first-order chi connectivity index (χ1) is 10.5. The minimum atomic E-state index is 0.222.